The molecular weight excluding hydrogens is 289 g/mol. The molecule has 4 heteroatoms. The SMILES string of the molecule is [O-][n+]1c(/C(F)=C/c2ccc(Cl)cc2)ccc2ccccc21. The first-order chi connectivity index (χ1) is 10.1. The van der Waals surface area contributed by atoms with Crippen molar-refractivity contribution in [2.45, 2.75) is 0 Å². The van der Waals surface area contributed by atoms with E-state index in [2.05, 4.69) is 0 Å². The lowest BCUT2D eigenvalue weighted by Gasteiger charge is -2.06. The molecule has 1 heterocycles. The maximum Gasteiger partial charge on any atom is 0.253 e. The molecule has 21 heavy (non-hydrogen) atoms. The lowest BCUT2D eigenvalue weighted by atomic mass is 10.1. The number of rotatable bonds is 2. The van der Waals surface area contributed by atoms with E-state index in [1.807, 2.05) is 12.1 Å². The molecule has 0 saturated carbocycles. The summed E-state index contributed by atoms with van der Waals surface area (Å²) in [6, 6.07) is 17.0. The van der Waals surface area contributed by atoms with E-state index < -0.39 is 5.83 Å². The van der Waals surface area contributed by atoms with Gasteiger partial charge in [-0.05, 0) is 35.9 Å². The third-order valence-corrected chi connectivity index (χ3v) is 3.46. The minimum atomic E-state index is -0.585. The van der Waals surface area contributed by atoms with Crippen LogP contribution in [-0.2, 0) is 0 Å². The summed E-state index contributed by atoms with van der Waals surface area (Å²) in [5, 5.41) is 13.6. The van der Waals surface area contributed by atoms with Crippen molar-refractivity contribution in [1.29, 1.82) is 0 Å². The number of hydrogen-bond acceptors (Lipinski definition) is 1. The van der Waals surface area contributed by atoms with Gasteiger partial charge in [-0.15, -0.1) is 0 Å². The lowest BCUT2D eigenvalue weighted by molar-refractivity contribution is -0.580. The van der Waals surface area contributed by atoms with Gasteiger partial charge in [0, 0.05) is 22.5 Å². The molecule has 0 radical (unpaired) electrons. The molecule has 0 N–H and O–H groups in total. The third kappa shape index (κ3) is 2.73. The first-order valence-corrected chi connectivity index (χ1v) is 6.77. The summed E-state index contributed by atoms with van der Waals surface area (Å²) in [7, 11) is 0. The molecule has 0 unspecified atom stereocenters. The van der Waals surface area contributed by atoms with Gasteiger partial charge in [0.15, 0.2) is 5.83 Å². The van der Waals surface area contributed by atoms with Gasteiger partial charge in [-0.1, -0.05) is 35.9 Å². The second kappa shape index (κ2) is 5.54. The fourth-order valence-corrected chi connectivity index (χ4v) is 2.26. The molecule has 0 spiro atoms. The highest BCUT2D eigenvalue weighted by molar-refractivity contribution is 6.30. The standard InChI is InChI=1S/C17H11ClFNO/c18-14-8-5-12(6-9-14)11-15(19)17-10-7-13-3-1-2-4-16(13)20(17)21/h1-11H/b15-11-. The molecule has 0 aliphatic rings. The van der Waals surface area contributed by atoms with Crippen molar-refractivity contribution in [3.8, 4) is 0 Å². The van der Waals surface area contributed by atoms with Crippen LogP contribution in [0.3, 0.4) is 0 Å². The van der Waals surface area contributed by atoms with E-state index in [1.165, 1.54) is 12.1 Å². The number of nitrogens with zero attached hydrogens (tertiary/aromatic N) is 1. The normalized spacial score (nSPS) is 11.8. The third-order valence-electron chi connectivity index (χ3n) is 3.20. The van der Waals surface area contributed by atoms with Crippen molar-refractivity contribution in [3.63, 3.8) is 0 Å². The fraction of sp³-hybridized carbons (Fsp3) is 0. The van der Waals surface area contributed by atoms with Gasteiger partial charge >= 0.3 is 0 Å². The summed E-state index contributed by atoms with van der Waals surface area (Å²) in [6.07, 6.45) is 1.31. The molecule has 0 bridgehead atoms. The Kier molecular flexibility index (Phi) is 3.59. The highest BCUT2D eigenvalue weighted by Gasteiger charge is 2.14. The van der Waals surface area contributed by atoms with E-state index in [4.69, 9.17) is 11.6 Å². The van der Waals surface area contributed by atoms with Gasteiger partial charge in [0.1, 0.15) is 0 Å². The summed E-state index contributed by atoms with van der Waals surface area (Å²) < 4.78 is 14.9. The predicted octanol–water partition coefficient (Wildman–Crippen LogP) is 4.59. The Labute approximate surface area is 126 Å². The van der Waals surface area contributed by atoms with E-state index in [0.29, 0.717) is 20.8 Å². The number of aromatic nitrogens is 1. The van der Waals surface area contributed by atoms with Crippen molar-refractivity contribution >= 4 is 34.4 Å². The molecule has 2 nitrogen and oxygen atoms in total. The number of halogens is 2. The summed E-state index contributed by atoms with van der Waals surface area (Å²) >= 11 is 5.79. The summed E-state index contributed by atoms with van der Waals surface area (Å²) in [4.78, 5) is 0. The van der Waals surface area contributed by atoms with E-state index in [-0.39, 0.29) is 5.69 Å². The molecule has 3 aromatic rings. The molecule has 0 aliphatic carbocycles. The van der Waals surface area contributed by atoms with E-state index in [1.54, 1.807) is 42.5 Å². The van der Waals surface area contributed by atoms with Crippen LogP contribution in [0.1, 0.15) is 11.3 Å². The zero-order valence-corrected chi connectivity index (χ0v) is 11.7. The average molecular weight is 300 g/mol. The molecule has 0 fully saturated rings. The maximum absolute atomic E-state index is 14.3. The zero-order chi connectivity index (χ0) is 14.8. The molecule has 0 aliphatic heterocycles. The Morgan fingerprint density at radius 2 is 1.71 bits per heavy atom. The molecule has 104 valence electrons. The Morgan fingerprint density at radius 3 is 2.48 bits per heavy atom. The second-order valence-corrected chi connectivity index (χ2v) is 5.05. The number of benzene rings is 2. The topological polar surface area (TPSA) is 26.9 Å². The first-order valence-electron chi connectivity index (χ1n) is 6.39. The zero-order valence-electron chi connectivity index (χ0n) is 11.0. The van der Waals surface area contributed by atoms with Crippen LogP contribution in [-0.4, -0.2) is 0 Å². The second-order valence-electron chi connectivity index (χ2n) is 4.62. The molecule has 0 saturated heterocycles. The van der Waals surface area contributed by atoms with Crippen molar-refractivity contribution in [2.75, 3.05) is 0 Å². The minimum absolute atomic E-state index is 0.0105. The van der Waals surface area contributed by atoms with Gasteiger partial charge in [0.25, 0.3) is 5.69 Å². The molecule has 2 aromatic carbocycles. The predicted molar refractivity (Wildman–Crippen MR) is 83.3 cm³/mol. The van der Waals surface area contributed by atoms with Crippen molar-refractivity contribution in [3.05, 3.63) is 82.2 Å². The van der Waals surface area contributed by atoms with Gasteiger partial charge in [-0.3, -0.25) is 0 Å². The maximum atomic E-state index is 14.3. The quantitative estimate of drug-likeness (QED) is 0.502. The molecule has 0 amide bonds. The van der Waals surface area contributed by atoms with Crippen LogP contribution < -0.4 is 4.73 Å². The Bertz CT molecular complexity index is 828. The van der Waals surface area contributed by atoms with E-state index in [9.17, 15) is 9.60 Å². The van der Waals surface area contributed by atoms with Crippen molar-refractivity contribution in [1.82, 2.24) is 0 Å². The largest absolute Gasteiger partial charge is 0.618 e. The number of pyridine rings is 1. The lowest BCUT2D eigenvalue weighted by Crippen LogP contribution is -2.31. The van der Waals surface area contributed by atoms with Crippen LogP contribution in [0.15, 0.2) is 60.7 Å². The summed E-state index contributed by atoms with van der Waals surface area (Å²) in [5.41, 5.74) is 1.07. The summed E-state index contributed by atoms with van der Waals surface area (Å²) in [5.74, 6) is -0.585. The van der Waals surface area contributed by atoms with Crippen LogP contribution in [0.4, 0.5) is 4.39 Å². The van der Waals surface area contributed by atoms with Gasteiger partial charge in [-0.2, -0.15) is 9.12 Å². The monoisotopic (exact) mass is 299 g/mol. The Balaban J connectivity index is 2.07. The number of fused-ring (bicyclic) bond motifs is 1. The fourth-order valence-electron chi connectivity index (χ4n) is 2.14. The molecule has 3 rings (SSSR count). The van der Waals surface area contributed by atoms with Gasteiger partial charge < -0.3 is 5.21 Å². The minimum Gasteiger partial charge on any atom is -0.618 e. The molecular formula is C17H11ClFNO. The summed E-state index contributed by atoms with van der Waals surface area (Å²) in [6.45, 7) is 0. The van der Waals surface area contributed by atoms with Crippen LogP contribution in [0, 0.1) is 5.21 Å². The molecule has 1 aromatic heterocycles. The number of hydrogen-bond donors (Lipinski definition) is 0. The van der Waals surface area contributed by atoms with Crippen molar-refractivity contribution < 1.29 is 9.12 Å². The van der Waals surface area contributed by atoms with Crippen molar-refractivity contribution in [2.24, 2.45) is 0 Å². The van der Waals surface area contributed by atoms with Crippen LogP contribution in [0.5, 0.6) is 0 Å². The molecule has 0 atom stereocenters. The van der Waals surface area contributed by atoms with Gasteiger partial charge in [0.2, 0.25) is 5.52 Å². The van der Waals surface area contributed by atoms with Gasteiger partial charge in [0.05, 0.1) is 0 Å². The van der Waals surface area contributed by atoms with E-state index in [0.717, 1.165) is 5.39 Å². The smallest absolute Gasteiger partial charge is 0.253 e. The average Bonchev–Trinajstić information content (AvgIpc) is 2.50. The van der Waals surface area contributed by atoms with Gasteiger partial charge in [-0.25, -0.2) is 0 Å². The first kappa shape index (κ1) is 13.6. The highest BCUT2D eigenvalue weighted by atomic mass is 35.5. The number of para-hydroxylation sites is 1. The van der Waals surface area contributed by atoms with E-state index >= 15 is 0 Å². The van der Waals surface area contributed by atoms with Crippen LogP contribution >= 0.6 is 11.6 Å². The Hall–Kier alpha value is -2.39. The van der Waals surface area contributed by atoms with Crippen LogP contribution in [0.2, 0.25) is 5.02 Å². The van der Waals surface area contributed by atoms with Crippen LogP contribution in [0.25, 0.3) is 22.8 Å². The highest BCUT2D eigenvalue weighted by Crippen LogP contribution is 2.20. The Morgan fingerprint density at radius 1 is 1.00 bits per heavy atom.